The lowest BCUT2D eigenvalue weighted by Gasteiger charge is -2.21. The van der Waals surface area contributed by atoms with Gasteiger partial charge in [-0.1, -0.05) is 18.2 Å². The fraction of sp³-hybridized carbons (Fsp3) is 0.500. The summed E-state index contributed by atoms with van der Waals surface area (Å²) >= 11 is 5.68. The molecule has 3 nitrogen and oxygen atoms in total. The predicted molar refractivity (Wildman–Crippen MR) is 70.9 cm³/mol. The van der Waals surface area contributed by atoms with Crippen molar-refractivity contribution in [3.63, 3.8) is 0 Å². The van der Waals surface area contributed by atoms with Crippen LogP contribution in [0.5, 0.6) is 0 Å². The second-order valence-electron chi connectivity index (χ2n) is 4.90. The van der Waals surface area contributed by atoms with Gasteiger partial charge in [0.25, 0.3) is 0 Å². The maximum atomic E-state index is 12.2. The van der Waals surface area contributed by atoms with Crippen molar-refractivity contribution < 1.29 is 8.42 Å². The number of benzene rings is 1. The van der Waals surface area contributed by atoms with Gasteiger partial charge in [-0.3, -0.25) is 0 Å². The first-order chi connectivity index (χ1) is 7.76. The lowest BCUT2D eigenvalue weighted by Crippen LogP contribution is -2.40. The summed E-state index contributed by atoms with van der Waals surface area (Å²) in [5.74, 6) is 0.405. The number of alkyl halides is 1. The minimum absolute atomic E-state index is 0.315. The molecule has 0 radical (unpaired) electrons. The van der Waals surface area contributed by atoms with Gasteiger partial charge in [-0.25, -0.2) is 13.1 Å². The Labute approximate surface area is 108 Å². The van der Waals surface area contributed by atoms with Gasteiger partial charge in [0.05, 0.1) is 4.90 Å². The number of nitrogens with one attached hydrogen (secondary N) is 1. The topological polar surface area (TPSA) is 46.2 Å². The number of rotatable bonds is 4. The van der Waals surface area contributed by atoms with Crippen LogP contribution in [0.1, 0.15) is 26.3 Å². The molecule has 1 N–H and O–H groups in total. The zero-order chi connectivity index (χ0) is 13.1. The van der Waals surface area contributed by atoms with E-state index in [9.17, 15) is 8.42 Å². The van der Waals surface area contributed by atoms with E-state index in [-0.39, 0.29) is 0 Å². The van der Waals surface area contributed by atoms with Crippen LogP contribution in [0, 0.1) is 0 Å². The quantitative estimate of drug-likeness (QED) is 0.859. The molecule has 0 fully saturated rings. The molecule has 5 heteroatoms. The van der Waals surface area contributed by atoms with Crippen LogP contribution in [-0.2, 0) is 16.4 Å². The lowest BCUT2D eigenvalue weighted by atomic mass is 10.1. The standard InChI is InChI=1S/C12H18ClNO2S/c1-12(2,3)14-17(15,16)11-7-5-4-6-10(11)8-9-13/h4-7,14H,8-9H2,1-3H3. The van der Waals surface area contributed by atoms with E-state index in [4.69, 9.17) is 11.6 Å². The molecule has 0 aliphatic carbocycles. The molecule has 0 aliphatic rings. The van der Waals surface area contributed by atoms with Crippen molar-refractivity contribution in [1.29, 1.82) is 0 Å². The van der Waals surface area contributed by atoms with Gasteiger partial charge in [-0.2, -0.15) is 0 Å². The Balaban J connectivity index is 3.15. The summed E-state index contributed by atoms with van der Waals surface area (Å²) < 4.78 is 27.0. The van der Waals surface area contributed by atoms with Crippen molar-refractivity contribution in [2.24, 2.45) is 0 Å². The number of sulfonamides is 1. The second-order valence-corrected chi connectivity index (χ2v) is 6.93. The molecule has 0 heterocycles. The largest absolute Gasteiger partial charge is 0.241 e. The molecule has 0 unspecified atom stereocenters. The van der Waals surface area contributed by atoms with E-state index in [1.165, 1.54) is 0 Å². The number of hydrogen-bond donors (Lipinski definition) is 1. The van der Waals surface area contributed by atoms with E-state index in [1.807, 2.05) is 26.8 Å². The zero-order valence-electron chi connectivity index (χ0n) is 10.3. The molecule has 0 aromatic heterocycles. The minimum atomic E-state index is -3.48. The first-order valence-corrected chi connectivity index (χ1v) is 7.46. The highest BCUT2D eigenvalue weighted by Crippen LogP contribution is 2.18. The smallest absolute Gasteiger partial charge is 0.207 e. The molecule has 1 aromatic carbocycles. The molecule has 0 amide bonds. The third kappa shape index (κ3) is 4.30. The summed E-state index contributed by atoms with van der Waals surface area (Å²) in [6.07, 6.45) is 0.544. The Morgan fingerprint density at radius 3 is 2.35 bits per heavy atom. The van der Waals surface area contributed by atoms with E-state index < -0.39 is 15.6 Å². The molecule has 96 valence electrons. The van der Waals surface area contributed by atoms with Gasteiger partial charge in [0.2, 0.25) is 10.0 Å². The van der Waals surface area contributed by atoms with Gasteiger partial charge in [0, 0.05) is 11.4 Å². The molecule has 0 bridgehead atoms. The molecule has 1 aromatic rings. The summed E-state index contributed by atoms with van der Waals surface area (Å²) in [5, 5.41) is 0. The lowest BCUT2D eigenvalue weighted by molar-refractivity contribution is 0.491. The first kappa shape index (κ1) is 14.5. The fourth-order valence-corrected chi connectivity index (χ4v) is 3.43. The van der Waals surface area contributed by atoms with E-state index in [1.54, 1.807) is 18.2 Å². The highest BCUT2D eigenvalue weighted by molar-refractivity contribution is 7.89. The van der Waals surface area contributed by atoms with Crippen molar-refractivity contribution >= 4 is 21.6 Å². The van der Waals surface area contributed by atoms with Crippen molar-refractivity contribution in [1.82, 2.24) is 4.72 Å². The Morgan fingerprint density at radius 1 is 1.24 bits per heavy atom. The van der Waals surface area contributed by atoms with Crippen LogP contribution in [0.25, 0.3) is 0 Å². The zero-order valence-corrected chi connectivity index (χ0v) is 11.9. The van der Waals surface area contributed by atoms with E-state index >= 15 is 0 Å². The van der Waals surface area contributed by atoms with Crippen LogP contribution in [0.2, 0.25) is 0 Å². The Morgan fingerprint density at radius 2 is 1.82 bits per heavy atom. The molecule has 0 saturated carbocycles. The predicted octanol–water partition coefficient (Wildman–Crippen LogP) is 2.54. The van der Waals surface area contributed by atoms with Gasteiger partial charge in [0.1, 0.15) is 0 Å². The molecular formula is C12H18ClNO2S. The van der Waals surface area contributed by atoms with Crippen molar-refractivity contribution in [3.8, 4) is 0 Å². The van der Waals surface area contributed by atoms with Gasteiger partial charge in [0.15, 0.2) is 0 Å². The van der Waals surface area contributed by atoms with E-state index in [2.05, 4.69) is 4.72 Å². The fourth-order valence-electron chi connectivity index (χ4n) is 1.53. The minimum Gasteiger partial charge on any atom is -0.207 e. The van der Waals surface area contributed by atoms with Gasteiger partial charge < -0.3 is 0 Å². The van der Waals surface area contributed by atoms with Crippen LogP contribution in [0.3, 0.4) is 0 Å². The average Bonchev–Trinajstić information content (AvgIpc) is 2.15. The summed E-state index contributed by atoms with van der Waals surface area (Å²) in [6, 6.07) is 6.93. The molecule has 1 rings (SSSR count). The molecular weight excluding hydrogens is 258 g/mol. The highest BCUT2D eigenvalue weighted by Gasteiger charge is 2.23. The molecule has 17 heavy (non-hydrogen) atoms. The monoisotopic (exact) mass is 275 g/mol. The van der Waals surface area contributed by atoms with Gasteiger partial charge >= 0.3 is 0 Å². The van der Waals surface area contributed by atoms with Crippen molar-refractivity contribution in [2.45, 2.75) is 37.6 Å². The highest BCUT2D eigenvalue weighted by atomic mass is 35.5. The second kappa shape index (κ2) is 5.38. The Bertz CT molecular complexity index is 478. The van der Waals surface area contributed by atoms with Gasteiger partial charge in [-0.15, -0.1) is 11.6 Å². The number of halogens is 1. The van der Waals surface area contributed by atoms with Crippen LogP contribution >= 0.6 is 11.6 Å². The third-order valence-electron chi connectivity index (χ3n) is 2.07. The molecule has 0 aliphatic heterocycles. The van der Waals surface area contributed by atoms with Gasteiger partial charge in [-0.05, 0) is 38.8 Å². The number of hydrogen-bond acceptors (Lipinski definition) is 2. The Hall–Kier alpha value is -0.580. The normalized spacial score (nSPS) is 12.7. The van der Waals surface area contributed by atoms with Crippen LogP contribution in [0.15, 0.2) is 29.2 Å². The molecule has 0 atom stereocenters. The van der Waals surface area contributed by atoms with Crippen LogP contribution in [-0.4, -0.2) is 19.8 Å². The van der Waals surface area contributed by atoms with Crippen LogP contribution in [0.4, 0.5) is 0 Å². The first-order valence-electron chi connectivity index (χ1n) is 5.44. The maximum absolute atomic E-state index is 12.2. The Kier molecular flexibility index (Phi) is 4.58. The SMILES string of the molecule is CC(C)(C)NS(=O)(=O)c1ccccc1CCCl. The summed E-state index contributed by atoms with van der Waals surface area (Å²) in [4.78, 5) is 0.315. The summed E-state index contributed by atoms with van der Waals surface area (Å²) in [6.45, 7) is 5.44. The van der Waals surface area contributed by atoms with E-state index in [0.29, 0.717) is 17.2 Å². The maximum Gasteiger partial charge on any atom is 0.241 e. The van der Waals surface area contributed by atoms with Crippen LogP contribution < -0.4 is 4.72 Å². The van der Waals surface area contributed by atoms with Crippen molar-refractivity contribution in [3.05, 3.63) is 29.8 Å². The molecule has 0 saturated heterocycles. The summed E-state index contributed by atoms with van der Waals surface area (Å²) in [7, 11) is -3.48. The number of aryl methyl sites for hydroxylation is 1. The van der Waals surface area contributed by atoms with E-state index in [0.717, 1.165) is 5.56 Å². The van der Waals surface area contributed by atoms with Crippen molar-refractivity contribution in [2.75, 3.05) is 5.88 Å². The molecule has 0 spiro atoms. The third-order valence-corrected chi connectivity index (χ3v) is 4.11. The summed E-state index contributed by atoms with van der Waals surface area (Å²) in [5.41, 5.74) is 0.256. The average molecular weight is 276 g/mol.